The Balaban J connectivity index is 2.09. The summed E-state index contributed by atoms with van der Waals surface area (Å²) < 4.78 is 0. The van der Waals surface area contributed by atoms with Crippen LogP contribution in [0.15, 0.2) is 54.1 Å². The summed E-state index contributed by atoms with van der Waals surface area (Å²) in [6, 6.07) is 13.6. The van der Waals surface area contributed by atoms with Crippen molar-refractivity contribution < 1.29 is 14.7 Å². The molecule has 170 valence electrons. The number of benzene rings is 2. The molecule has 1 amide bonds. The SMILES string of the molecule is CCN(CC)CCN1C(=O)C(=O)C(=C(O)c2ccc(Cl)cc2)[C@@H]1c1ccc(N(C)C)cc1. The number of nitrogens with zero attached hydrogens (tertiary/aromatic N) is 3. The second kappa shape index (κ2) is 10.2. The number of hydrogen-bond donors (Lipinski definition) is 1. The molecule has 1 heterocycles. The highest BCUT2D eigenvalue weighted by atomic mass is 35.5. The Morgan fingerprint density at radius 1 is 1.00 bits per heavy atom. The summed E-state index contributed by atoms with van der Waals surface area (Å²) in [7, 11) is 3.90. The fourth-order valence-electron chi connectivity index (χ4n) is 3.96. The molecule has 0 bridgehead atoms. The predicted molar refractivity (Wildman–Crippen MR) is 129 cm³/mol. The molecule has 32 heavy (non-hydrogen) atoms. The van der Waals surface area contributed by atoms with E-state index < -0.39 is 17.7 Å². The largest absolute Gasteiger partial charge is 0.507 e. The van der Waals surface area contributed by atoms with Crippen molar-refractivity contribution in [2.75, 3.05) is 45.2 Å². The van der Waals surface area contributed by atoms with Gasteiger partial charge in [0.2, 0.25) is 0 Å². The number of amides is 1. The van der Waals surface area contributed by atoms with Gasteiger partial charge in [-0.05, 0) is 55.1 Å². The van der Waals surface area contributed by atoms with E-state index in [0.29, 0.717) is 23.7 Å². The number of rotatable bonds is 8. The van der Waals surface area contributed by atoms with E-state index in [1.54, 1.807) is 29.2 Å². The van der Waals surface area contributed by atoms with Crippen molar-refractivity contribution in [3.05, 3.63) is 70.3 Å². The molecule has 0 aromatic heterocycles. The van der Waals surface area contributed by atoms with Gasteiger partial charge in [0.05, 0.1) is 11.6 Å². The van der Waals surface area contributed by atoms with Crippen LogP contribution in [-0.2, 0) is 9.59 Å². The molecule has 1 aliphatic rings. The van der Waals surface area contributed by atoms with Gasteiger partial charge in [0.25, 0.3) is 11.7 Å². The van der Waals surface area contributed by atoms with Gasteiger partial charge in [-0.15, -0.1) is 0 Å². The highest BCUT2D eigenvalue weighted by molar-refractivity contribution is 6.46. The molecule has 1 atom stereocenters. The topological polar surface area (TPSA) is 64.1 Å². The fourth-order valence-corrected chi connectivity index (χ4v) is 4.09. The molecule has 3 rings (SSSR count). The minimum absolute atomic E-state index is 0.106. The number of likely N-dealkylation sites (N-methyl/N-ethyl adjacent to an activating group) is 1. The zero-order valence-corrected chi connectivity index (χ0v) is 19.8. The van der Waals surface area contributed by atoms with Crippen LogP contribution in [0, 0.1) is 0 Å². The first-order chi connectivity index (χ1) is 15.3. The molecular weight excluding hydrogens is 426 g/mol. The summed E-state index contributed by atoms with van der Waals surface area (Å²) in [4.78, 5) is 31.9. The standard InChI is InChI=1S/C25H30ClN3O3/c1-5-28(6-2)15-16-29-22(17-9-13-20(14-10-17)27(3)4)21(24(31)25(29)32)23(30)18-7-11-19(26)12-8-18/h7-14,22,30H,5-6,15-16H2,1-4H3/t22-/m0/s1. The highest BCUT2D eigenvalue weighted by Crippen LogP contribution is 2.39. The third-order valence-electron chi connectivity index (χ3n) is 5.93. The van der Waals surface area contributed by atoms with Gasteiger partial charge in [-0.1, -0.05) is 37.6 Å². The Morgan fingerprint density at radius 2 is 1.59 bits per heavy atom. The monoisotopic (exact) mass is 455 g/mol. The Morgan fingerprint density at radius 3 is 2.12 bits per heavy atom. The molecule has 7 heteroatoms. The van der Waals surface area contributed by atoms with E-state index in [4.69, 9.17) is 11.6 Å². The molecule has 2 aromatic rings. The number of carbonyl (C=O) groups excluding carboxylic acids is 2. The van der Waals surface area contributed by atoms with E-state index in [9.17, 15) is 14.7 Å². The van der Waals surface area contributed by atoms with Crippen LogP contribution in [0.1, 0.15) is 31.0 Å². The maximum atomic E-state index is 13.1. The van der Waals surface area contributed by atoms with Gasteiger partial charge >= 0.3 is 0 Å². The van der Waals surface area contributed by atoms with E-state index in [2.05, 4.69) is 18.7 Å². The number of carbonyl (C=O) groups is 2. The summed E-state index contributed by atoms with van der Waals surface area (Å²) in [6.45, 7) is 6.88. The number of ketones is 1. The molecule has 0 spiro atoms. The van der Waals surface area contributed by atoms with Crippen LogP contribution in [-0.4, -0.2) is 66.9 Å². The average Bonchev–Trinajstić information content (AvgIpc) is 3.04. The third-order valence-corrected chi connectivity index (χ3v) is 6.19. The van der Waals surface area contributed by atoms with Crippen molar-refractivity contribution in [2.24, 2.45) is 0 Å². The normalized spacial score (nSPS) is 17.9. The van der Waals surface area contributed by atoms with Crippen LogP contribution in [0.25, 0.3) is 5.76 Å². The van der Waals surface area contributed by atoms with Gasteiger partial charge in [0, 0.05) is 43.5 Å². The summed E-state index contributed by atoms with van der Waals surface area (Å²) in [5.74, 6) is -1.44. The first kappa shape index (κ1) is 23.8. The minimum atomic E-state index is -0.668. The maximum Gasteiger partial charge on any atom is 0.295 e. The Bertz CT molecular complexity index is 996. The van der Waals surface area contributed by atoms with Crippen molar-refractivity contribution in [3.63, 3.8) is 0 Å². The molecule has 0 radical (unpaired) electrons. The van der Waals surface area contributed by atoms with Crippen LogP contribution in [0.4, 0.5) is 5.69 Å². The van der Waals surface area contributed by atoms with E-state index in [1.165, 1.54) is 0 Å². The fraction of sp³-hybridized carbons (Fsp3) is 0.360. The van der Waals surface area contributed by atoms with Gasteiger partial charge in [0.1, 0.15) is 5.76 Å². The minimum Gasteiger partial charge on any atom is -0.507 e. The second-order valence-corrected chi connectivity index (χ2v) is 8.45. The van der Waals surface area contributed by atoms with Crippen molar-refractivity contribution in [3.8, 4) is 0 Å². The molecule has 1 aliphatic heterocycles. The first-order valence-electron chi connectivity index (χ1n) is 10.8. The maximum absolute atomic E-state index is 13.1. The first-order valence-corrected chi connectivity index (χ1v) is 11.2. The lowest BCUT2D eigenvalue weighted by molar-refractivity contribution is -0.140. The van der Waals surface area contributed by atoms with Crippen LogP contribution in [0.3, 0.4) is 0 Å². The predicted octanol–water partition coefficient (Wildman–Crippen LogP) is 4.17. The molecule has 6 nitrogen and oxygen atoms in total. The van der Waals surface area contributed by atoms with Crippen molar-refractivity contribution in [1.29, 1.82) is 0 Å². The van der Waals surface area contributed by atoms with Crippen LogP contribution in [0.5, 0.6) is 0 Å². The Labute approximate surface area is 194 Å². The quantitative estimate of drug-likeness (QED) is 0.367. The van der Waals surface area contributed by atoms with Crippen molar-refractivity contribution >= 4 is 34.7 Å². The van der Waals surface area contributed by atoms with E-state index in [1.807, 2.05) is 43.3 Å². The third kappa shape index (κ3) is 4.81. The number of anilines is 1. The summed E-state index contributed by atoms with van der Waals surface area (Å²) in [5, 5.41) is 11.6. The molecule has 0 saturated carbocycles. The van der Waals surface area contributed by atoms with E-state index in [0.717, 1.165) is 24.3 Å². The smallest absolute Gasteiger partial charge is 0.295 e. The van der Waals surface area contributed by atoms with Gasteiger partial charge < -0.3 is 19.8 Å². The van der Waals surface area contributed by atoms with Crippen LogP contribution < -0.4 is 4.90 Å². The highest BCUT2D eigenvalue weighted by Gasteiger charge is 2.45. The van der Waals surface area contributed by atoms with Gasteiger partial charge in [-0.25, -0.2) is 0 Å². The lowest BCUT2D eigenvalue weighted by atomic mass is 9.95. The lowest BCUT2D eigenvalue weighted by Crippen LogP contribution is -2.38. The zero-order chi connectivity index (χ0) is 23.4. The average molecular weight is 456 g/mol. The molecule has 2 aromatic carbocycles. The molecule has 1 N–H and O–H groups in total. The van der Waals surface area contributed by atoms with E-state index >= 15 is 0 Å². The summed E-state index contributed by atoms with van der Waals surface area (Å²) in [5.41, 5.74) is 2.34. The lowest BCUT2D eigenvalue weighted by Gasteiger charge is -2.28. The second-order valence-electron chi connectivity index (χ2n) is 8.01. The van der Waals surface area contributed by atoms with Crippen molar-refractivity contribution in [2.45, 2.75) is 19.9 Å². The number of hydrogen-bond acceptors (Lipinski definition) is 5. The van der Waals surface area contributed by atoms with Crippen molar-refractivity contribution in [1.82, 2.24) is 9.80 Å². The molecule has 0 unspecified atom stereocenters. The molecule has 1 saturated heterocycles. The number of halogens is 1. The molecule has 0 aliphatic carbocycles. The van der Waals surface area contributed by atoms with Gasteiger partial charge in [-0.3, -0.25) is 9.59 Å². The number of aliphatic hydroxyl groups is 1. The van der Waals surface area contributed by atoms with Gasteiger partial charge in [0.15, 0.2) is 0 Å². The van der Waals surface area contributed by atoms with Crippen LogP contribution >= 0.6 is 11.6 Å². The number of Topliss-reactive ketones (excluding diaryl/α,β-unsaturated/α-hetero) is 1. The number of aliphatic hydroxyl groups excluding tert-OH is 1. The van der Waals surface area contributed by atoms with Gasteiger partial charge in [-0.2, -0.15) is 0 Å². The Hall–Kier alpha value is -2.83. The molecular formula is C25H30ClN3O3. The Kier molecular flexibility index (Phi) is 7.59. The van der Waals surface area contributed by atoms with E-state index in [-0.39, 0.29) is 11.3 Å². The molecule has 1 fully saturated rings. The zero-order valence-electron chi connectivity index (χ0n) is 19.0. The van der Waals surface area contributed by atoms with Crippen LogP contribution in [0.2, 0.25) is 5.02 Å². The summed E-state index contributed by atoms with van der Waals surface area (Å²) in [6.07, 6.45) is 0. The number of likely N-dealkylation sites (tertiary alicyclic amines) is 1. The summed E-state index contributed by atoms with van der Waals surface area (Å²) >= 11 is 5.98.